The van der Waals surface area contributed by atoms with E-state index in [0.717, 1.165) is 12.0 Å². The summed E-state index contributed by atoms with van der Waals surface area (Å²) in [6, 6.07) is 7.05. The second-order valence-corrected chi connectivity index (χ2v) is 11.7. The second-order valence-electron chi connectivity index (χ2n) is 9.57. The number of nitrogens with two attached hydrogens (primary N) is 1. The molecule has 10 nitrogen and oxygen atoms in total. The summed E-state index contributed by atoms with van der Waals surface area (Å²) in [5.41, 5.74) is 6.97. The molecule has 2 bridgehead atoms. The zero-order valence-electron chi connectivity index (χ0n) is 19.8. The predicted molar refractivity (Wildman–Crippen MR) is 125 cm³/mol. The molecule has 2 N–H and O–H groups in total. The lowest BCUT2D eigenvalue weighted by Gasteiger charge is -2.38. The highest BCUT2D eigenvalue weighted by Gasteiger charge is 2.51. The summed E-state index contributed by atoms with van der Waals surface area (Å²) >= 11 is 0. The summed E-state index contributed by atoms with van der Waals surface area (Å²) < 4.78 is 26.2. The minimum Gasteiger partial charge on any atom is -0.330 e. The van der Waals surface area contributed by atoms with E-state index in [0.29, 0.717) is 25.9 Å². The van der Waals surface area contributed by atoms with E-state index >= 15 is 0 Å². The first-order valence-electron chi connectivity index (χ1n) is 11.6. The smallest absolute Gasteiger partial charge is 0.242 e. The van der Waals surface area contributed by atoms with E-state index in [9.17, 15) is 23.3 Å². The van der Waals surface area contributed by atoms with Crippen molar-refractivity contribution >= 4 is 21.8 Å². The minimum absolute atomic E-state index is 0.0254. The Morgan fingerprint density at radius 2 is 2.09 bits per heavy atom. The van der Waals surface area contributed by atoms with E-state index in [4.69, 9.17) is 5.73 Å². The molecule has 1 aromatic carbocycles. The van der Waals surface area contributed by atoms with Gasteiger partial charge in [-0.25, -0.2) is 12.7 Å². The summed E-state index contributed by atoms with van der Waals surface area (Å²) in [6.07, 6.45) is 2.13. The fraction of sp³-hybridized carbons (Fsp3) is 0.609. The van der Waals surface area contributed by atoms with Crippen LogP contribution >= 0.6 is 0 Å². The standard InChI is InChI=1S/C23H32N6O4S/c1-15(16-6-4-8-19(10-16)34(32,33)26(2)3)29-18-11-21(23(29)31)27(13-18)14-20(25)22(30)28-9-5-7-17(28)12-24/h4,6,8,10,15,17-18,20-21H,5,7,9,11,13-14,25H2,1-3H3/t15-,17+,18-,20+,21-/m1/s1. The van der Waals surface area contributed by atoms with E-state index in [1.54, 1.807) is 23.1 Å². The summed E-state index contributed by atoms with van der Waals surface area (Å²) in [5, 5.41) is 9.25. The molecule has 0 saturated carbocycles. The number of hydrogen-bond acceptors (Lipinski definition) is 7. The quantitative estimate of drug-likeness (QED) is 0.577. The van der Waals surface area contributed by atoms with E-state index in [1.807, 2.05) is 22.8 Å². The Balaban J connectivity index is 1.43. The molecule has 11 heteroatoms. The molecule has 2 amide bonds. The Morgan fingerprint density at radius 3 is 2.74 bits per heavy atom. The van der Waals surface area contributed by atoms with Gasteiger partial charge < -0.3 is 15.5 Å². The average Bonchev–Trinajstić information content (AvgIpc) is 3.52. The number of nitriles is 1. The summed E-state index contributed by atoms with van der Waals surface area (Å²) in [4.78, 5) is 31.6. The van der Waals surface area contributed by atoms with Crippen molar-refractivity contribution in [3.05, 3.63) is 29.8 Å². The van der Waals surface area contributed by atoms with Crippen molar-refractivity contribution in [2.75, 3.05) is 33.7 Å². The lowest BCUT2D eigenvalue weighted by Crippen LogP contribution is -2.56. The van der Waals surface area contributed by atoms with E-state index in [-0.39, 0.29) is 41.4 Å². The summed E-state index contributed by atoms with van der Waals surface area (Å²) in [5.74, 6) is -0.260. The van der Waals surface area contributed by atoms with Gasteiger partial charge in [-0.05, 0) is 43.9 Å². The van der Waals surface area contributed by atoms with Crippen molar-refractivity contribution < 1.29 is 18.0 Å². The van der Waals surface area contributed by atoms with Crippen molar-refractivity contribution in [1.82, 2.24) is 19.0 Å². The molecule has 3 aliphatic heterocycles. The van der Waals surface area contributed by atoms with Crippen LogP contribution in [0.4, 0.5) is 0 Å². The van der Waals surface area contributed by atoms with Crippen LogP contribution in [0.2, 0.25) is 0 Å². The molecular weight excluding hydrogens is 456 g/mol. The lowest BCUT2D eigenvalue weighted by molar-refractivity contribution is -0.141. The number of carbonyl (C=O) groups is 2. The molecule has 34 heavy (non-hydrogen) atoms. The van der Waals surface area contributed by atoms with Gasteiger partial charge in [-0.2, -0.15) is 5.26 Å². The number of carbonyl (C=O) groups excluding carboxylic acids is 2. The molecule has 3 fully saturated rings. The highest BCUT2D eigenvalue weighted by Crippen LogP contribution is 2.38. The van der Waals surface area contributed by atoms with Gasteiger partial charge in [0.05, 0.1) is 29.1 Å². The van der Waals surface area contributed by atoms with Crippen LogP contribution in [0.25, 0.3) is 0 Å². The molecule has 0 radical (unpaired) electrons. The highest BCUT2D eigenvalue weighted by molar-refractivity contribution is 7.89. The molecule has 5 atom stereocenters. The fourth-order valence-corrected chi connectivity index (χ4v) is 6.37. The highest BCUT2D eigenvalue weighted by atomic mass is 32.2. The Bertz CT molecular complexity index is 1120. The number of piperazine rings is 1. The molecule has 184 valence electrons. The number of fused-ring (bicyclic) bond motifs is 2. The predicted octanol–water partition coefficient (Wildman–Crippen LogP) is 0.125. The number of benzene rings is 1. The Kier molecular flexibility index (Phi) is 6.70. The second kappa shape index (κ2) is 9.26. The van der Waals surface area contributed by atoms with Crippen LogP contribution < -0.4 is 5.73 Å². The van der Waals surface area contributed by atoms with Gasteiger partial charge in [0.15, 0.2) is 0 Å². The largest absolute Gasteiger partial charge is 0.330 e. The maximum Gasteiger partial charge on any atom is 0.242 e. The van der Waals surface area contributed by atoms with E-state index in [2.05, 4.69) is 6.07 Å². The molecule has 0 aliphatic carbocycles. The van der Waals surface area contributed by atoms with Gasteiger partial charge in [-0.15, -0.1) is 0 Å². The third-order valence-corrected chi connectivity index (χ3v) is 9.10. The van der Waals surface area contributed by atoms with Crippen LogP contribution in [-0.4, -0.2) is 97.1 Å². The molecule has 0 aromatic heterocycles. The minimum atomic E-state index is -3.57. The molecular formula is C23H32N6O4S. The van der Waals surface area contributed by atoms with Crippen molar-refractivity contribution in [3.8, 4) is 6.07 Å². The van der Waals surface area contributed by atoms with Crippen LogP contribution in [0.3, 0.4) is 0 Å². The van der Waals surface area contributed by atoms with Gasteiger partial charge in [0, 0.05) is 39.8 Å². The first kappa shape index (κ1) is 24.6. The Labute approximate surface area is 200 Å². The molecule has 3 aliphatic rings. The van der Waals surface area contributed by atoms with Gasteiger partial charge in [-0.3, -0.25) is 14.5 Å². The van der Waals surface area contributed by atoms with Crippen LogP contribution in [0, 0.1) is 11.3 Å². The van der Waals surface area contributed by atoms with Gasteiger partial charge in [-0.1, -0.05) is 12.1 Å². The van der Waals surface area contributed by atoms with Gasteiger partial charge >= 0.3 is 0 Å². The number of hydrogen-bond donors (Lipinski definition) is 1. The van der Waals surface area contributed by atoms with Crippen LogP contribution in [0.5, 0.6) is 0 Å². The van der Waals surface area contributed by atoms with Gasteiger partial charge in [0.25, 0.3) is 0 Å². The Hall–Kier alpha value is -2.52. The normalized spacial score (nSPS) is 26.8. The Morgan fingerprint density at radius 1 is 1.35 bits per heavy atom. The number of rotatable bonds is 7. The molecule has 0 unspecified atom stereocenters. The molecule has 3 heterocycles. The third kappa shape index (κ3) is 4.20. The maximum atomic E-state index is 13.3. The number of sulfonamides is 1. The van der Waals surface area contributed by atoms with Crippen molar-refractivity contribution in [1.29, 1.82) is 5.26 Å². The van der Waals surface area contributed by atoms with Gasteiger partial charge in [0.2, 0.25) is 21.8 Å². The maximum absolute atomic E-state index is 13.3. The van der Waals surface area contributed by atoms with Crippen LogP contribution in [-0.2, 0) is 19.6 Å². The summed E-state index contributed by atoms with van der Waals surface area (Å²) in [7, 11) is -0.595. The zero-order chi connectivity index (χ0) is 24.8. The first-order valence-corrected chi connectivity index (χ1v) is 13.0. The fourth-order valence-electron chi connectivity index (χ4n) is 5.41. The van der Waals surface area contributed by atoms with Crippen molar-refractivity contribution in [2.45, 2.75) is 61.3 Å². The van der Waals surface area contributed by atoms with Crippen molar-refractivity contribution in [2.24, 2.45) is 5.73 Å². The first-order chi connectivity index (χ1) is 16.1. The van der Waals surface area contributed by atoms with Crippen LogP contribution in [0.1, 0.15) is 37.8 Å². The van der Waals surface area contributed by atoms with E-state index < -0.39 is 22.1 Å². The van der Waals surface area contributed by atoms with Gasteiger partial charge in [0.1, 0.15) is 6.04 Å². The van der Waals surface area contributed by atoms with Crippen molar-refractivity contribution in [3.63, 3.8) is 0 Å². The molecule has 3 saturated heterocycles. The average molecular weight is 489 g/mol. The molecule has 1 aromatic rings. The lowest BCUT2D eigenvalue weighted by atomic mass is 10.1. The number of amides is 2. The summed E-state index contributed by atoms with van der Waals surface area (Å²) in [6.45, 7) is 3.34. The van der Waals surface area contributed by atoms with E-state index in [1.165, 1.54) is 18.4 Å². The third-order valence-electron chi connectivity index (χ3n) is 7.28. The number of nitrogens with zero attached hydrogens (tertiary/aromatic N) is 5. The SMILES string of the molecule is C[C@H](c1cccc(S(=O)(=O)N(C)C)c1)N1C(=O)[C@H]2C[C@@H]1CN2C[C@H](N)C(=O)N1CCC[C@H]1C#N. The topological polar surface area (TPSA) is 131 Å². The molecule has 4 rings (SSSR count). The molecule has 0 spiro atoms. The zero-order valence-corrected chi connectivity index (χ0v) is 20.6. The monoisotopic (exact) mass is 488 g/mol. The number of likely N-dealkylation sites (tertiary alicyclic amines) is 3. The van der Waals surface area contributed by atoms with Crippen LogP contribution in [0.15, 0.2) is 29.2 Å².